The van der Waals surface area contributed by atoms with E-state index in [0.717, 1.165) is 0 Å². The molecule has 0 radical (unpaired) electrons. The molecule has 6 heterocycles. The molecule has 38 atom stereocenters. The largest absolute Gasteiger partial charge is 0.389 e. The lowest BCUT2D eigenvalue weighted by atomic mass is 9.84. The second-order valence-electron chi connectivity index (χ2n) is 27.0. The van der Waals surface area contributed by atoms with Gasteiger partial charge in [-0.2, -0.15) is 0 Å². The Morgan fingerprint density at radius 1 is 0.304 bits per heavy atom. The molecule has 44 heteroatoms. The molecule has 8 fully saturated rings. The molecule has 6 saturated heterocycles. The first-order valence-electron chi connectivity index (χ1n) is 34.6. The molecule has 0 spiro atoms. The lowest BCUT2D eigenvalue weighted by Crippen LogP contribution is -2.68. The van der Waals surface area contributed by atoms with Crippen LogP contribution in [0.15, 0.2) is 0 Å². The minimum atomic E-state index is -1.66. The maximum absolute atomic E-state index is 11.9. The van der Waals surface area contributed by atoms with Crippen molar-refractivity contribution in [3.63, 3.8) is 0 Å². The van der Waals surface area contributed by atoms with E-state index in [4.69, 9.17) is 160 Å². The number of nitrogens with two attached hydrogens (primary N) is 12. The van der Waals surface area contributed by atoms with E-state index in [-0.39, 0.29) is 62.3 Å². The standard InChI is InChI=1S/C58H114N16O26S2/c59-13-23-35(77)39(81)29(67)51(89-23)95-45-21(65)11-19(63)33(75)49(45)99-55-43(85)47(97-53-31(69)41(83)37(79)25(15-61)91-53)27(93-55)17-73-57(101)71-5-3-9-87-7-1-2-8-88-10-4-6-72-58(102)74-18-28-48(98-54-32(70)42(84)38(80)26(16-62)92-54)44(86)56(94-28)100-50-34(76)20(64)12-22(66)46(50)96-52-30(68)40(82)36(78)24(14-60)90-52/h19-56,75-86H,1-18,59-70H2,(H2,71,73,101)(H2,72,74,102)/t19-,20+,21?,22?,23?,24?,25+,26-,27-,28-,29?,30?,31?,32?,33?,34+,35?,36?,37?,38?,39-,40-,41?,42?,43?,44?,45?,46?,47+,48?,49-,50?,51-,52+,53-,54+,55+,56+/m1/s1. The van der Waals surface area contributed by atoms with Crippen LogP contribution in [0.2, 0.25) is 0 Å². The number of ether oxygens (including phenoxy) is 14. The molecule has 0 aromatic rings. The summed E-state index contributed by atoms with van der Waals surface area (Å²) in [6.45, 7) is 1.46. The highest BCUT2D eigenvalue weighted by molar-refractivity contribution is 7.80. The van der Waals surface area contributed by atoms with Crippen molar-refractivity contribution < 1.29 is 128 Å². The van der Waals surface area contributed by atoms with Crippen molar-refractivity contribution >= 4 is 34.7 Å². The van der Waals surface area contributed by atoms with Crippen LogP contribution in [0.1, 0.15) is 38.5 Å². The highest BCUT2D eigenvalue weighted by Crippen LogP contribution is 2.37. The lowest BCUT2D eigenvalue weighted by molar-refractivity contribution is -0.306. The smallest absolute Gasteiger partial charge is 0.187 e. The molecule has 40 N–H and O–H groups in total. The van der Waals surface area contributed by atoms with Gasteiger partial charge < -0.3 is 218 Å². The highest BCUT2D eigenvalue weighted by atomic mass is 32.1. The zero-order valence-corrected chi connectivity index (χ0v) is 58.1. The number of nitrogens with one attached hydrogen (secondary N) is 4. The van der Waals surface area contributed by atoms with Crippen LogP contribution in [0.3, 0.4) is 0 Å². The zero-order chi connectivity index (χ0) is 74.5. The van der Waals surface area contributed by atoms with Crippen LogP contribution in [-0.4, -0.2) is 383 Å². The molecule has 21 unspecified atom stereocenters. The van der Waals surface area contributed by atoms with E-state index in [0.29, 0.717) is 65.2 Å². The van der Waals surface area contributed by atoms with Gasteiger partial charge in [-0.25, -0.2) is 0 Å². The van der Waals surface area contributed by atoms with Gasteiger partial charge in [0.15, 0.2) is 48.0 Å². The van der Waals surface area contributed by atoms with E-state index in [9.17, 15) is 61.3 Å². The van der Waals surface area contributed by atoms with Gasteiger partial charge in [0.05, 0.1) is 36.4 Å². The SMILES string of the molecule is NCC1O[C@H](OC2C(N)C[C@@H](N)C(O)[C@H]2O[C@@H]2O[C@H](CNC(=S)NCCCOCCCCOCCCNC(=S)NC[C@H]3O[C@@H](OC4C(O[C@@H]5OC(CN)C(O)[C@H](O)C5N)C(N)C[C@H](N)[C@@H]4O)C(O)C3O[C@@H]3O[C@H](CN)C(O)C(O)C3N)[C@H](O[C@H]3O[C@@H](CN)C(O)C(O)C3N)C2O)C(N)[C@@H](O)C1O. The third kappa shape index (κ3) is 21.0. The number of rotatable bonds is 33. The summed E-state index contributed by atoms with van der Waals surface area (Å²) < 4.78 is 84.6. The summed E-state index contributed by atoms with van der Waals surface area (Å²) in [5, 5.41) is 144. The first-order valence-corrected chi connectivity index (χ1v) is 35.4. The van der Waals surface area contributed by atoms with Crippen LogP contribution in [0.5, 0.6) is 0 Å². The fourth-order valence-corrected chi connectivity index (χ4v) is 13.8. The topological polar surface area (TPSA) is 732 Å². The molecule has 0 aromatic heterocycles. The van der Waals surface area contributed by atoms with Gasteiger partial charge in [-0.15, -0.1) is 0 Å². The minimum Gasteiger partial charge on any atom is -0.389 e. The molecule has 594 valence electrons. The molecule has 42 nitrogen and oxygen atoms in total. The first kappa shape index (κ1) is 85.5. The average molecular weight is 1520 g/mol. The van der Waals surface area contributed by atoms with Crippen LogP contribution in [0.25, 0.3) is 0 Å². The summed E-state index contributed by atoms with van der Waals surface area (Å²) in [5.74, 6) is 0. The average Bonchev–Trinajstić information content (AvgIpc) is 1.44. The van der Waals surface area contributed by atoms with Crippen molar-refractivity contribution in [1.29, 1.82) is 0 Å². The molecule has 102 heavy (non-hydrogen) atoms. The second kappa shape index (κ2) is 40.0. The predicted molar refractivity (Wildman–Crippen MR) is 360 cm³/mol. The highest BCUT2D eigenvalue weighted by Gasteiger charge is 2.58. The Labute approximate surface area is 600 Å². The number of hydrogen-bond donors (Lipinski definition) is 28. The van der Waals surface area contributed by atoms with E-state index in [1.54, 1.807) is 0 Å². The molecule has 2 saturated carbocycles. The van der Waals surface area contributed by atoms with Gasteiger partial charge in [0, 0.05) is 103 Å². The quantitative estimate of drug-likeness (QED) is 0.0214. The number of aliphatic hydroxyl groups excluding tert-OH is 12. The van der Waals surface area contributed by atoms with Gasteiger partial charge >= 0.3 is 0 Å². The lowest BCUT2D eigenvalue weighted by Gasteiger charge is -2.47. The summed E-state index contributed by atoms with van der Waals surface area (Å²) in [6, 6.07) is -8.90. The van der Waals surface area contributed by atoms with E-state index in [2.05, 4.69) is 21.3 Å². The molecule has 8 rings (SSSR count). The van der Waals surface area contributed by atoms with E-state index < -0.39 is 233 Å². The minimum absolute atomic E-state index is 0.0414. The Morgan fingerprint density at radius 2 is 0.569 bits per heavy atom. The second-order valence-corrected chi connectivity index (χ2v) is 27.9. The Hall–Kier alpha value is -2.14. The van der Waals surface area contributed by atoms with Crippen molar-refractivity contribution in [2.45, 2.75) is 271 Å². The Balaban J connectivity index is 0.741. The molecular formula is C58H114N16O26S2. The summed E-state index contributed by atoms with van der Waals surface area (Å²) in [6.07, 6.45) is -38.6. The fraction of sp³-hybridized carbons (Fsp3) is 0.966. The Morgan fingerprint density at radius 3 is 0.863 bits per heavy atom. The van der Waals surface area contributed by atoms with Gasteiger partial charge in [0.2, 0.25) is 0 Å². The third-order valence-electron chi connectivity index (χ3n) is 19.6. The van der Waals surface area contributed by atoms with Crippen molar-refractivity contribution in [1.82, 2.24) is 21.3 Å². The molecule has 2 aliphatic carbocycles. The normalized spacial score (nSPS) is 46.4. The molecule has 0 bridgehead atoms. The number of aliphatic hydroxyl groups is 12. The van der Waals surface area contributed by atoms with Crippen molar-refractivity contribution in [2.75, 3.05) is 78.8 Å². The molecule has 6 aliphatic heterocycles. The van der Waals surface area contributed by atoms with Crippen molar-refractivity contribution in [2.24, 2.45) is 68.8 Å². The van der Waals surface area contributed by atoms with Gasteiger partial charge in [-0.3, -0.25) is 0 Å². The number of unbranched alkanes of at least 4 members (excludes halogenated alkanes) is 1. The summed E-state index contributed by atoms with van der Waals surface area (Å²) in [5.41, 5.74) is 73.7. The monoisotopic (exact) mass is 1510 g/mol. The molecular weight excluding hydrogens is 1400 g/mol. The summed E-state index contributed by atoms with van der Waals surface area (Å²) in [4.78, 5) is 0. The van der Waals surface area contributed by atoms with Crippen LogP contribution >= 0.6 is 24.4 Å². The first-order chi connectivity index (χ1) is 48.5. The third-order valence-corrected chi connectivity index (χ3v) is 20.2. The van der Waals surface area contributed by atoms with Crippen LogP contribution in [0.4, 0.5) is 0 Å². The summed E-state index contributed by atoms with van der Waals surface area (Å²) in [7, 11) is 0. The molecule has 0 aromatic carbocycles. The van der Waals surface area contributed by atoms with Crippen molar-refractivity contribution in [3.05, 3.63) is 0 Å². The molecule has 8 aliphatic rings. The van der Waals surface area contributed by atoms with Crippen LogP contribution < -0.4 is 90.1 Å². The summed E-state index contributed by atoms with van der Waals surface area (Å²) >= 11 is 11.1. The maximum Gasteiger partial charge on any atom is 0.187 e. The van der Waals surface area contributed by atoms with Gasteiger partial charge in [-0.1, -0.05) is 0 Å². The van der Waals surface area contributed by atoms with Gasteiger partial charge in [-0.05, 0) is 63.0 Å². The van der Waals surface area contributed by atoms with E-state index in [1.165, 1.54) is 0 Å². The van der Waals surface area contributed by atoms with E-state index >= 15 is 0 Å². The van der Waals surface area contributed by atoms with Gasteiger partial charge in [0.25, 0.3) is 0 Å². The zero-order valence-electron chi connectivity index (χ0n) is 56.5. The predicted octanol–water partition coefficient (Wildman–Crippen LogP) is -16.2. The Bertz CT molecular complexity index is 2350. The van der Waals surface area contributed by atoms with E-state index in [1.807, 2.05) is 0 Å². The molecule has 0 amide bonds. The van der Waals surface area contributed by atoms with Crippen LogP contribution in [0, 0.1) is 0 Å². The number of hydrogen-bond acceptors (Lipinski definition) is 40. The number of thiocarbonyl (C=S) groups is 2. The van der Waals surface area contributed by atoms with Gasteiger partial charge in [0.1, 0.15) is 134 Å². The fourth-order valence-electron chi connectivity index (χ4n) is 13.4. The maximum atomic E-state index is 11.9. The van der Waals surface area contributed by atoms with Crippen LogP contribution in [-0.2, 0) is 66.3 Å². The van der Waals surface area contributed by atoms with Crippen molar-refractivity contribution in [3.8, 4) is 0 Å². The Kier molecular flexibility index (Phi) is 33.5.